The van der Waals surface area contributed by atoms with Gasteiger partial charge in [0.25, 0.3) is 5.91 Å². The molecule has 1 atom stereocenters. The summed E-state index contributed by atoms with van der Waals surface area (Å²) >= 11 is 0. The summed E-state index contributed by atoms with van der Waals surface area (Å²) in [6.45, 7) is 2.34. The van der Waals surface area contributed by atoms with Crippen LogP contribution in [0.2, 0.25) is 0 Å². The highest BCUT2D eigenvalue weighted by molar-refractivity contribution is 5.94. The maximum absolute atomic E-state index is 13.7. The summed E-state index contributed by atoms with van der Waals surface area (Å²) in [7, 11) is 0. The van der Waals surface area contributed by atoms with E-state index in [0.717, 1.165) is 6.20 Å². The van der Waals surface area contributed by atoms with Crippen LogP contribution in [0.3, 0.4) is 0 Å². The molecule has 1 amide bonds. The van der Waals surface area contributed by atoms with Crippen LogP contribution in [0.25, 0.3) is 0 Å². The van der Waals surface area contributed by atoms with Crippen molar-refractivity contribution in [3.8, 4) is 0 Å². The number of aromatic amines is 1. The zero-order valence-corrected chi connectivity index (χ0v) is 13.5. The number of hydrogen-bond acceptors (Lipinski definition) is 2. The summed E-state index contributed by atoms with van der Waals surface area (Å²) in [5, 5.41) is 0. The molecule has 0 bridgehead atoms. The molecule has 2 heterocycles. The van der Waals surface area contributed by atoms with E-state index >= 15 is 0 Å². The number of likely N-dealkylation sites (tertiary alicyclic amines) is 1. The minimum absolute atomic E-state index is 0.222. The Balaban J connectivity index is 1.75. The molecular weight excluding hydrogens is 338 g/mol. The lowest BCUT2D eigenvalue weighted by molar-refractivity contribution is -0.141. The van der Waals surface area contributed by atoms with Gasteiger partial charge in [-0.2, -0.15) is 13.2 Å². The standard InChI is InChI=1S/C17H17F4N3O/c1-10-4-5-11(7-13(10)18)16(25)24-6-2-3-12(9-24)15-22-8-14(23-15)17(19,20)21/h4-5,7-8,12H,2-3,6,9H2,1H3,(H,22,23). The zero-order chi connectivity index (χ0) is 18.2. The number of imidazole rings is 1. The van der Waals surface area contributed by atoms with Crippen LogP contribution in [0.15, 0.2) is 24.4 Å². The Morgan fingerprint density at radius 2 is 2.12 bits per heavy atom. The quantitative estimate of drug-likeness (QED) is 0.831. The van der Waals surface area contributed by atoms with Gasteiger partial charge in [-0.25, -0.2) is 9.37 Å². The van der Waals surface area contributed by atoms with Crippen molar-refractivity contribution < 1.29 is 22.4 Å². The molecule has 1 fully saturated rings. The number of nitrogens with zero attached hydrogens (tertiary/aromatic N) is 2. The number of aryl methyl sites for hydroxylation is 1. The number of halogens is 4. The van der Waals surface area contributed by atoms with Crippen molar-refractivity contribution in [3.63, 3.8) is 0 Å². The van der Waals surface area contributed by atoms with Crippen LogP contribution in [0.4, 0.5) is 17.6 Å². The molecule has 0 radical (unpaired) electrons. The summed E-state index contributed by atoms with van der Waals surface area (Å²) in [4.78, 5) is 20.2. The highest BCUT2D eigenvalue weighted by Gasteiger charge is 2.35. The van der Waals surface area contributed by atoms with E-state index < -0.39 is 17.7 Å². The van der Waals surface area contributed by atoms with Gasteiger partial charge in [-0.1, -0.05) is 6.07 Å². The van der Waals surface area contributed by atoms with Gasteiger partial charge in [0.05, 0.1) is 6.20 Å². The smallest absolute Gasteiger partial charge is 0.338 e. The molecule has 1 saturated heterocycles. The monoisotopic (exact) mass is 355 g/mol. The maximum Gasteiger partial charge on any atom is 0.432 e. The van der Waals surface area contributed by atoms with Gasteiger partial charge in [-0.05, 0) is 37.5 Å². The summed E-state index contributed by atoms with van der Waals surface area (Å²) in [5.41, 5.74) is -0.214. The SMILES string of the molecule is Cc1ccc(C(=O)N2CCCC(c3ncc(C(F)(F)F)[nH]3)C2)cc1F. The summed E-state index contributed by atoms with van der Waals surface area (Å²) < 4.78 is 51.8. The first kappa shape index (κ1) is 17.4. The average molecular weight is 355 g/mol. The fourth-order valence-corrected chi connectivity index (χ4v) is 2.98. The van der Waals surface area contributed by atoms with Crippen molar-refractivity contribution in [2.24, 2.45) is 0 Å². The first-order valence-electron chi connectivity index (χ1n) is 7.93. The third-order valence-corrected chi connectivity index (χ3v) is 4.41. The molecule has 1 aromatic carbocycles. The molecule has 0 aliphatic carbocycles. The van der Waals surface area contributed by atoms with Crippen molar-refractivity contribution in [2.75, 3.05) is 13.1 Å². The third kappa shape index (κ3) is 3.67. The van der Waals surface area contributed by atoms with E-state index in [1.54, 1.807) is 13.0 Å². The number of rotatable bonds is 2. The first-order chi connectivity index (χ1) is 11.8. The highest BCUT2D eigenvalue weighted by Crippen LogP contribution is 2.31. The van der Waals surface area contributed by atoms with Crippen LogP contribution in [0, 0.1) is 12.7 Å². The lowest BCUT2D eigenvalue weighted by Crippen LogP contribution is -2.39. The predicted molar refractivity (Wildman–Crippen MR) is 82.6 cm³/mol. The van der Waals surface area contributed by atoms with Gasteiger partial charge in [0, 0.05) is 24.6 Å². The first-order valence-corrected chi connectivity index (χ1v) is 7.93. The molecule has 0 saturated carbocycles. The Kier molecular flexibility index (Phi) is 4.53. The molecular formula is C17H17F4N3O. The van der Waals surface area contributed by atoms with Crippen LogP contribution in [-0.4, -0.2) is 33.9 Å². The molecule has 8 heteroatoms. The zero-order valence-electron chi connectivity index (χ0n) is 13.5. The molecule has 25 heavy (non-hydrogen) atoms. The fraction of sp³-hybridized carbons (Fsp3) is 0.412. The largest absolute Gasteiger partial charge is 0.432 e. The topological polar surface area (TPSA) is 49.0 Å². The van der Waals surface area contributed by atoms with Gasteiger partial charge in [0.1, 0.15) is 17.3 Å². The number of aromatic nitrogens is 2. The molecule has 4 nitrogen and oxygen atoms in total. The van der Waals surface area contributed by atoms with Crippen LogP contribution >= 0.6 is 0 Å². The number of benzene rings is 1. The van der Waals surface area contributed by atoms with Crippen molar-refractivity contribution >= 4 is 5.91 Å². The van der Waals surface area contributed by atoms with Crippen molar-refractivity contribution in [2.45, 2.75) is 31.9 Å². The summed E-state index contributed by atoms with van der Waals surface area (Å²) in [6.07, 6.45) is -2.43. The van der Waals surface area contributed by atoms with Crippen molar-refractivity contribution in [1.29, 1.82) is 0 Å². The normalized spacial score (nSPS) is 18.4. The van der Waals surface area contributed by atoms with Gasteiger partial charge < -0.3 is 9.88 Å². The molecule has 1 aliphatic heterocycles. The Hall–Kier alpha value is -2.38. The van der Waals surface area contributed by atoms with E-state index in [1.807, 2.05) is 0 Å². The maximum atomic E-state index is 13.7. The van der Waals surface area contributed by atoms with E-state index in [0.29, 0.717) is 24.9 Å². The molecule has 1 N–H and O–H groups in total. The van der Waals surface area contributed by atoms with Crippen molar-refractivity contribution in [1.82, 2.24) is 14.9 Å². The highest BCUT2D eigenvalue weighted by atomic mass is 19.4. The van der Waals surface area contributed by atoms with Crippen LogP contribution < -0.4 is 0 Å². The number of carbonyl (C=O) groups is 1. The van der Waals surface area contributed by atoms with E-state index in [2.05, 4.69) is 9.97 Å². The molecule has 0 spiro atoms. The Labute approximate surface area is 141 Å². The van der Waals surface area contributed by atoms with E-state index in [9.17, 15) is 22.4 Å². The second-order valence-corrected chi connectivity index (χ2v) is 6.23. The summed E-state index contributed by atoms with van der Waals surface area (Å²) in [5.74, 6) is -0.865. The van der Waals surface area contributed by atoms with Crippen LogP contribution in [0.1, 0.15) is 46.2 Å². The van der Waals surface area contributed by atoms with E-state index in [4.69, 9.17) is 0 Å². The average Bonchev–Trinajstić information content (AvgIpc) is 3.07. The minimum atomic E-state index is -4.48. The number of hydrogen-bond donors (Lipinski definition) is 1. The second-order valence-electron chi connectivity index (χ2n) is 6.23. The van der Waals surface area contributed by atoms with Crippen molar-refractivity contribution in [3.05, 3.63) is 52.9 Å². The minimum Gasteiger partial charge on any atom is -0.338 e. The lowest BCUT2D eigenvalue weighted by Gasteiger charge is -2.32. The fourth-order valence-electron chi connectivity index (χ4n) is 2.98. The Morgan fingerprint density at radius 1 is 1.36 bits per heavy atom. The third-order valence-electron chi connectivity index (χ3n) is 4.41. The molecule has 134 valence electrons. The van der Waals surface area contributed by atoms with Gasteiger partial charge in [0.15, 0.2) is 0 Å². The van der Waals surface area contributed by atoms with E-state index in [1.165, 1.54) is 17.0 Å². The number of amides is 1. The summed E-state index contributed by atoms with van der Waals surface area (Å²) in [6, 6.07) is 4.28. The lowest BCUT2D eigenvalue weighted by atomic mass is 9.96. The van der Waals surface area contributed by atoms with Crippen LogP contribution in [-0.2, 0) is 6.18 Å². The van der Waals surface area contributed by atoms with Gasteiger partial charge in [-0.15, -0.1) is 0 Å². The number of nitrogens with one attached hydrogen (secondary N) is 1. The second kappa shape index (κ2) is 6.50. The molecule has 1 unspecified atom stereocenters. The van der Waals surface area contributed by atoms with Gasteiger partial charge >= 0.3 is 6.18 Å². The molecule has 2 aromatic rings. The number of alkyl halides is 3. The van der Waals surface area contributed by atoms with Gasteiger partial charge in [0.2, 0.25) is 0 Å². The molecule has 1 aliphatic rings. The van der Waals surface area contributed by atoms with Gasteiger partial charge in [-0.3, -0.25) is 4.79 Å². The Bertz CT molecular complexity index is 784. The number of carbonyl (C=O) groups excluding carboxylic acids is 1. The Morgan fingerprint density at radius 3 is 2.76 bits per heavy atom. The van der Waals surface area contributed by atoms with E-state index in [-0.39, 0.29) is 29.8 Å². The molecule has 1 aromatic heterocycles. The van der Waals surface area contributed by atoms with Crippen LogP contribution in [0.5, 0.6) is 0 Å². The number of piperidine rings is 1. The number of H-pyrrole nitrogens is 1. The predicted octanol–water partition coefficient (Wildman–Crippen LogP) is 3.90. The molecule has 3 rings (SSSR count).